The van der Waals surface area contributed by atoms with Crippen LogP contribution in [0.2, 0.25) is 0 Å². The lowest BCUT2D eigenvalue weighted by Gasteiger charge is -2.36. The molecule has 1 saturated carbocycles. The van der Waals surface area contributed by atoms with Gasteiger partial charge < -0.3 is 20.3 Å². The van der Waals surface area contributed by atoms with Gasteiger partial charge in [0.15, 0.2) is 5.96 Å². The van der Waals surface area contributed by atoms with Gasteiger partial charge in [0, 0.05) is 65.6 Å². The summed E-state index contributed by atoms with van der Waals surface area (Å²) in [5.41, 5.74) is 0. The van der Waals surface area contributed by atoms with E-state index in [1.807, 2.05) is 7.05 Å². The Hall–Kier alpha value is -0.120. The Labute approximate surface area is 164 Å². The number of nitrogens with one attached hydrogen (secondary N) is 2. The number of aliphatic imine (C=N–C) groups is 1. The summed E-state index contributed by atoms with van der Waals surface area (Å²) >= 11 is 0. The predicted octanol–water partition coefficient (Wildman–Crippen LogP) is 1.22. The van der Waals surface area contributed by atoms with Crippen LogP contribution in [-0.2, 0) is 4.74 Å². The zero-order valence-corrected chi connectivity index (χ0v) is 17.9. The molecule has 0 aromatic carbocycles. The lowest BCUT2D eigenvalue weighted by molar-refractivity contribution is 0.119. The van der Waals surface area contributed by atoms with Gasteiger partial charge in [-0.25, -0.2) is 0 Å². The van der Waals surface area contributed by atoms with E-state index in [2.05, 4.69) is 39.4 Å². The van der Waals surface area contributed by atoms with Crippen molar-refractivity contribution in [3.8, 4) is 0 Å². The van der Waals surface area contributed by atoms with Crippen LogP contribution in [0.25, 0.3) is 0 Å². The number of halogens is 1. The first-order valence-electron chi connectivity index (χ1n) is 9.14. The molecular weight excluding hydrogens is 417 g/mol. The summed E-state index contributed by atoms with van der Waals surface area (Å²) in [4.78, 5) is 9.24. The maximum Gasteiger partial charge on any atom is 0.191 e. The first-order valence-corrected chi connectivity index (χ1v) is 9.14. The summed E-state index contributed by atoms with van der Waals surface area (Å²) in [6.45, 7) is 10.6. The zero-order chi connectivity index (χ0) is 16.5. The second-order valence-electron chi connectivity index (χ2n) is 6.94. The van der Waals surface area contributed by atoms with Gasteiger partial charge in [0.1, 0.15) is 0 Å². The summed E-state index contributed by atoms with van der Waals surface area (Å²) < 4.78 is 5.65. The van der Waals surface area contributed by atoms with Crippen molar-refractivity contribution in [2.24, 2.45) is 10.9 Å². The van der Waals surface area contributed by atoms with Gasteiger partial charge in [-0.2, -0.15) is 0 Å². The first kappa shape index (κ1) is 21.9. The van der Waals surface area contributed by atoms with Crippen LogP contribution in [0.4, 0.5) is 0 Å². The smallest absolute Gasteiger partial charge is 0.191 e. The molecular formula is C17H36IN5O. The van der Waals surface area contributed by atoms with E-state index in [1.165, 1.54) is 12.8 Å². The molecule has 2 rings (SSSR count). The molecule has 1 saturated heterocycles. The van der Waals surface area contributed by atoms with Crippen LogP contribution in [0.5, 0.6) is 0 Å². The second kappa shape index (κ2) is 12.3. The average Bonchev–Trinajstić information content (AvgIpc) is 3.38. The largest absolute Gasteiger partial charge is 0.381 e. The predicted molar refractivity (Wildman–Crippen MR) is 111 cm³/mol. The zero-order valence-electron chi connectivity index (χ0n) is 15.6. The SMILES string of the molecule is CN=C(NCCCOCC1CC1)NCC(C)N1CCN(C)CC1.I. The molecule has 7 heteroatoms. The molecule has 142 valence electrons. The number of nitrogens with zero attached hydrogens (tertiary/aromatic N) is 3. The molecule has 0 radical (unpaired) electrons. The number of ether oxygens (including phenoxy) is 1. The van der Waals surface area contributed by atoms with Crippen molar-refractivity contribution in [1.82, 2.24) is 20.4 Å². The molecule has 1 aliphatic heterocycles. The summed E-state index contributed by atoms with van der Waals surface area (Å²) in [5, 5.41) is 6.81. The first-order chi connectivity index (χ1) is 11.2. The third kappa shape index (κ3) is 8.82. The Morgan fingerprint density at radius 1 is 1.21 bits per heavy atom. The average molecular weight is 453 g/mol. The fourth-order valence-electron chi connectivity index (χ4n) is 2.77. The minimum absolute atomic E-state index is 0. The summed E-state index contributed by atoms with van der Waals surface area (Å²) in [5.74, 6) is 1.75. The lowest BCUT2D eigenvalue weighted by atomic mass is 10.2. The highest BCUT2D eigenvalue weighted by atomic mass is 127. The van der Waals surface area contributed by atoms with Crippen LogP contribution < -0.4 is 10.6 Å². The number of rotatable bonds is 9. The lowest BCUT2D eigenvalue weighted by Crippen LogP contribution is -2.52. The number of hydrogen-bond acceptors (Lipinski definition) is 4. The molecule has 2 N–H and O–H groups in total. The standard InChI is InChI=1S/C17H35N5O.HI/c1-15(22-10-8-21(3)9-11-22)13-20-17(18-2)19-7-4-12-23-14-16-5-6-16;/h15-16H,4-14H2,1-3H3,(H2,18,19,20);1H. The Balaban J connectivity index is 0.00000288. The van der Waals surface area contributed by atoms with Gasteiger partial charge in [-0.1, -0.05) is 0 Å². The van der Waals surface area contributed by atoms with Crippen LogP contribution in [0, 0.1) is 5.92 Å². The highest BCUT2D eigenvalue weighted by Gasteiger charge is 2.21. The Bertz CT molecular complexity index is 357. The fraction of sp³-hybridized carbons (Fsp3) is 0.941. The molecule has 1 aliphatic carbocycles. The van der Waals surface area contributed by atoms with Gasteiger partial charge in [-0.3, -0.25) is 9.89 Å². The van der Waals surface area contributed by atoms with E-state index in [-0.39, 0.29) is 24.0 Å². The minimum Gasteiger partial charge on any atom is -0.381 e. The van der Waals surface area contributed by atoms with Crippen molar-refractivity contribution in [1.29, 1.82) is 0 Å². The van der Waals surface area contributed by atoms with E-state index in [0.717, 1.165) is 70.8 Å². The number of hydrogen-bond donors (Lipinski definition) is 2. The van der Waals surface area contributed by atoms with E-state index in [9.17, 15) is 0 Å². The summed E-state index contributed by atoms with van der Waals surface area (Å²) in [6, 6.07) is 0.532. The van der Waals surface area contributed by atoms with Crippen LogP contribution in [-0.4, -0.2) is 88.4 Å². The highest BCUT2D eigenvalue weighted by Crippen LogP contribution is 2.28. The maximum atomic E-state index is 5.65. The third-order valence-corrected chi connectivity index (χ3v) is 4.76. The van der Waals surface area contributed by atoms with E-state index < -0.39 is 0 Å². The van der Waals surface area contributed by atoms with Gasteiger partial charge in [0.25, 0.3) is 0 Å². The molecule has 1 heterocycles. The Morgan fingerprint density at radius 2 is 1.92 bits per heavy atom. The molecule has 0 bridgehead atoms. The monoisotopic (exact) mass is 453 g/mol. The van der Waals surface area contributed by atoms with Crippen LogP contribution in [0.1, 0.15) is 26.2 Å². The molecule has 2 aliphatic rings. The van der Waals surface area contributed by atoms with Crippen molar-refractivity contribution in [3.05, 3.63) is 0 Å². The summed E-state index contributed by atoms with van der Waals surface area (Å²) in [6.07, 6.45) is 3.75. The highest BCUT2D eigenvalue weighted by molar-refractivity contribution is 14.0. The second-order valence-corrected chi connectivity index (χ2v) is 6.94. The molecule has 6 nitrogen and oxygen atoms in total. The Morgan fingerprint density at radius 3 is 2.54 bits per heavy atom. The van der Waals surface area contributed by atoms with Crippen LogP contribution in [0.15, 0.2) is 4.99 Å². The van der Waals surface area contributed by atoms with Crippen molar-refractivity contribution in [2.75, 3.05) is 66.6 Å². The Kier molecular flexibility index (Phi) is 11.2. The van der Waals surface area contributed by atoms with E-state index in [0.29, 0.717) is 6.04 Å². The van der Waals surface area contributed by atoms with Crippen molar-refractivity contribution in [2.45, 2.75) is 32.2 Å². The topological polar surface area (TPSA) is 52.1 Å². The van der Waals surface area contributed by atoms with Crippen LogP contribution >= 0.6 is 24.0 Å². The van der Waals surface area contributed by atoms with E-state index >= 15 is 0 Å². The summed E-state index contributed by atoms with van der Waals surface area (Å²) in [7, 11) is 4.03. The van der Waals surface area contributed by atoms with Gasteiger partial charge >= 0.3 is 0 Å². The van der Waals surface area contributed by atoms with E-state index in [1.54, 1.807) is 0 Å². The molecule has 0 spiro atoms. The van der Waals surface area contributed by atoms with Gasteiger partial charge in [0.05, 0.1) is 0 Å². The molecule has 2 fully saturated rings. The van der Waals surface area contributed by atoms with Crippen LogP contribution in [0.3, 0.4) is 0 Å². The number of guanidine groups is 1. The number of likely N-dealkylation sites (N-methyl/N-ethyl adjacent to an activating group) is 1. The van der Waals surface area contributed by atoms with Gasteiger partial charge in [-0.15, -0.1) is 24.0 Å². The van der Waals surface area contributed by atoms with Crippen molar-refractivity contribution < 1.29 is 4.74 Å². The normalized spacial score (nSPS) is 21.2. The van der Waals surface area contributed by atoms with Gasteiger partial charge in [0.2, 0.25) is 0 Å². The third-order valence-electron chi connectivity index (χ3n) is 4.76. The molecule has 0 amide bonds. The fourth-order valence-corrected chi connectivity index (χ4v) is 2.77. The molecule has 1 unspecified atom stereocenters. The van der Waals surface area contributed by atoms with Gasteiger partial charge in [-0.05, 0) is 39.2 Å². The number of piperazine rings is 1. The molecule has 1 atom stereocenters. The van der Waals surface area contributed by atoms with Crippen molar-refractivity contribution in [3.63, 3.8) is 0 Å². The van der Waals surface area contributed by atoms with Crippen molar-refractivity contribution >= 4 is 29.9 Å². The maximum absolute atomic E-state index is 5.65. The minimum atomic E-state index is 0. The molecule has 24 heavy (non-hydrogen) atoms. The quantitative estimate of drug-likeness (QED) is 0.238. The van der Waals surface area contributed by atoms with E-state index in [4.69, 9.17) is 4.74 Å². The molecule has 0 aromatic rings. The molecule has 0 aromatic heterocycles.